The van der Waals surface area contributed by atoms with E-state index in [4.69, 9.17) is 5.73 Å². The van der Waals surface area contributed by atoms with Crippen LogP contribution in [0.3, 0.4) is 0 Å². The van der Waals surface area contributed by atoms with Gasteiger partial charge in [0.25, 0.3) is 0 Å². The Kier molecular flexibility index (Phi) is 2.79. The fourth-order valence-electron chi connectivity index (χ4n) is 2.07. The van der Waals surface area contributed by atoms with Gasteiger partial charge in [0.15, 0.2) is 0 Å². The Balaban J connectivity index is 2.16. The molecule has 3 nitrogen and oxygen atoms in total. The number of piperidine rings is 1. The van der Waals surface area contributed by atoms with E-state index < -0.39 is 0 Å². The number of pyridine rings is 1. The maximum Gasteiger partial charge on any atom is 0.0375 e. The van der Waals surface area contributed by atoms with Crippen molar-refractivity contribution in [3.63, 3.8) is 0 Å². The van der Waals surface area contributed by atoms with Crippen LogP contribution in [-0.2, 0) is 0 Å². The van der Waals surface area contributed by atoms with Gasteiger partial charge in [-0.05, 0) is 38.1 Å². The highest BCUT2D eigenvalue weighted by Crippen LogP contribution is 2.27. The summed E-state index contributed by atoms with van der Waals surface area (Å²) in [7, 11) is 2.16. The van der Waals surface area contributed by atoms with Gasteiger partial charge in [0.2, 0.25) is 0 Å². The number of likely N-dealkylation sites (tertiary alicyclic amines) is 1. The summed E-state index contributed by atoms with van der Waals surface area (Å²) >= 11 is 0. The van der Waals surface area contributed by atoms with Crippen LogP contribution in [0.4, 0.5) is 0 Å². The molecule has 3 heteroatoms. The third-order valence-electron chi connectivity index (χ3n) is 2.98. The minimum absolute atomic E-state index is 0.344. The smallest absolute Gasteiger partial charge is 0.0375 e. The first-order valence-electron chi connectivity index (χ1n) is 5.13. The average Bonchev–Trinajstić information content (AvgIpc) is 2.23. The number of aromatic nitrogens is 1. The molecule has 1 aromatic rings. The zero-order valence-electron chi connectivity index (χ0n) is 8.56. The van der Waals surface area contributed by atoms with Gasteiger partial charge in [-0.2, -0.15) is 0 Å². The molecule has 76 valence electrons. The molecule has 0 spiro atoms. The quantitative estimate of drug-likeness (QED) is 0.724. The van der Waals surface area contributed by atoms with Gasteiger partial charge in [0.05, 0.1) is 0 Å². The van der Waals surface area contributed by atoms with Crippen LogP contribution in [0.25, 0.3) is 0 Å². The zero-order chi connectivity index (χ0) is 9.97. The van der Waals surface area contributed by atoms with Crippen molar-refractivity contribution in [2.45, 2.75) is 24.9 Å². The molecule has 0 bridgehead atoms. The molecule has 2 rings (SSSR count). The third-order valence-corrected chi connectivity index (χ3v) is 2.98. The zero-order valence-corrected chi connectivity index (χ0v) is 8.56. The lowest BCUT2D eigenvalue weighted by Crippen LogP contribution is -2.39. The van der Waals surface area contributed by atoms with Crippen LogP contribution in [0, 0.1) is 0 Å². The highest BCUT2D eigenvalue weighted by Gasteiger charge is 2.24. The predicted octanol–water partition coefficient (Wildman–Crippen LogP) is 1.18. The fraction of sp³-hybridized carbons (Fsp3) is 0.545. The van der Waals surface area contributed by atoms with Crippen LogP contribution >= 0.6 is 0 Å². The second kappa shape index (κ2) is 4.07. The molecule has 2 N–H and O–H groups in total. The Labute approximate surface area is 84.9 Å². The number of hydrogen-bond acceptors (Lipinski definition) is 3. The monoisotopic (exact) mass is 191 g/mol. The van der Waals surface area contributed by atoms with Crippen LogP contribution in [0.5, 0.6) is 0 Å². The van der Waals surface area contributed by atoms with Crippen molar-refractivity contribution in [1.82, 2.24) is 9.88 Å². The lowest BCUT2D eigenvalue weighted by Gasteiger charge is -2.35. The molecule has 14 heavy (non-hydrogen) atoms. The van der Waals surface area contributed by atoms with Crippen LogP contribution in [0.1, 0.15) is 24.4 Å². The Bertz CT molecular complexity index is 286. The van der Waals surface area contributed by atoms with Crippen molar-refractivity contribution in [2.75, 3.05) is 13.6 Å². The molecular weight excluding hydrogens is 174 g/mol. The first kappa shape index (κ1) is 9.62. The highest BCUT2D eigenvalue weighted by molar-refractivity contribution is 5.15. The molecule has 1 fully saturated rings. The number of nitrogens with zero attached hydrogens (tertiary/aromatic N) is 2. The van der Waals surface area contributed by atoms with Crippen molar-refractivity contribution in [1.29, 1.82) is 0 Å². The maximum absolute atomic E-state index is 5.98. The molecule has 0 aliphatic carbocycles. The normalized spacial score (nSPS) is 29.0. The van der Waals surface area contributed by atoms with Gasteiger partial charge < -0.3 is 5.73 Å². The molecule has 1 aliphatic rings. The first-order valence-corrected chi connectivity index (χ1v) is 5.13. The van der Waals surface area contributed by atoms with Crippen molar-refractivity contribution in [3.05, 3.63) is 30.1 Å². The molecule has 0 radical (unpaired) electrons. The Hall–Kier alpha value is -0.930. The topological polar surface area (TPSA) is 42.1 Å². The number of nitrogens with two attached hydrogens (primary N) is 1. The van der Waals surface area contributed by atoms with Gasteiger partial charge in [0.1, 0.15) is 0 Å². The summed E-state index contributed by atoms with van der Waals surface area (Å²) in [4.78, 5) is 6.51. The van der Waals surface area contributed by atoms with E-state index in [9.17, 15) is 0 Å². The first-order chi connectivity index (χ1) is 6.77. The SMILES string of the molecule is CN1CCC(N)CC1c1cccnc1. The van der Waals surface area contributed by atoms with Crippen molar-refractivity contribution < 1.29 is 0 Å². The van der Waals surface area contributed by atoms with E-state index in [-0.39, 0.29) is 0 Å². The fourth-order valence-corrected chi connectivity index (χ4v) is 2.07. The Morgan fingerprint density at radius 2 is 2.43 bits per heavy atom. The molecule has 0 amide bonds. The summed E-state index contributed by atoms with van der Waals surface area (Å²) < 4.78 is 0. The number of hydrogen-bond donors (Lipinski definition) is 1. The lowest BCUT2D eigenvalue weighted by atomic mass is 9.94. The van der Waals surface area contributed by atoms with Gasteiger partial charge in [-0.3, -0.25) is 9.88 Å². The second-order valence-corrected chi connectivity index (χ2v) is 4.07. The standard InChI is InChI=1S/C11H17N3/c1-14-6-4-10(12)7-11(14)9-3-2-5-13-8-9/h2-3,5,8,10-11H,4,6-7,12H2,1H3. The summed E-state index contributed by atoms with van der Waals surface area (Å²) in [5, 5.41) is 0. The van der Waals surface area contributed by atoms with Gasteiger partial charge in [-0.25, -0.2) is 0 Å². The van der Waals surface area contributed by atoms with Crippen LogP contribution in [-0.4, -0.2) is 29.5 Å². The third kappa shape index (κ3) is 1.94. The van der Waals surface area contributed by atoms with E-state index in [2.05, 4.69) is 23.0 Å². The van der Waals surface area contributed by atoms with E-state index in [1.165, 1.54) is 5.56 Å². The lowest BCUT2D eigenvalue weighted by molar-refractivity contribution is 0.171. The van der Waals surface area contributed by atoms with E-state index >= 15 is 0 Å². The molecule has 0 saturated carbocycles. The van der Waals surface area contributed by atoms with Crippen molar-refractivity contribution >= 4 is 0 Å². The molecule has 1 aromatic heterocycles. The summed E-state index contributed by atoms with van der Waals surface area (Å²) in [5.74, 6) is 0. The number of rotatable bonds is 1. The second-order valence-electron chi connectivity index (χ2n) is 4.07. The van der Waals surface area contributed by atoms with Crippen molar-refractivity contribution in [2.24, 2.45) is 5.73 Å². The molecule has 2 atom stereocenters. The molecule has 1 saturated heterocycles. The Morgan fingerprint density at radius 3 is 3.14 bits per heavy atom. The summed E-state index contributed by atoms with van der Waals surface area (Å²) in [6, 6.07) is 4.92. The van der Waals surface area contributed by atoms with Crippen LogP contribution in [0.2, 0.25) is 0 Å². The largest absolute Gasteiger partial charge is 0.328 e. The van der Waals surface area contributed by atoms with Gasteiger partial charge in [0, 0.05) is 24.5 Å². The molecule has 0 aromatic carbocycles. The van der Waals surface area contributed by atoms with Crippen molar-refractivity contribution in [3.8, 4) is 0 Å². The van der Waals surface area contributed by atoms with E-state index in [1.54, 1.807) is 0 Å². The van der Waals surface area contributed by atoms with E-state index in [0.29, 0.717) is 12.1 Å². The summed E-state index contributed by atoms with van der Waals surface area (Å²) in [6.07, 6.45) is 5.90. The molecule has 1 aliphatic heterocycles. The van der Waals surface area contributed by atoms with E-state index in [1.807, 2.05) is 18.5 Å². The van der Waals surface area contributed by atoms with Crippen LogP contribution in [0.15, 0.2) is 24.5 Å². The van der Waals surface area contributed by atoms with Gasteiger partial charge in [-0.15, -0.1) is 0 Å². The molecular formula is C11H17N3. The molecule has 2 heterocycles. The maximum atomic E-state index is 5.98. The van der Waals surface area contributed by atoms with Crippen LogP contribution < -0.4 is 5.73 Å². The summed E-state index contributed by atoms with van der Waals surface area (Å²) in [5.41, 5.74) is 7.26. The average molecular weight is 191 g/mol. The van der Waals surface area contributed by atoms with Gasteiger partial charge in [-0.1, -0.05) is 6.07 Å². The minimum atomic E-state index is 0.344. The summed E-state index contributed by atoms with van der Waals surface area (Å²) in [6.45, 7) is 1.08. The minimum Gasteiger partial charge on any atom is -0.328 e. The van der Waals surface area contributed by atoms with Gasteiger partial charge >= 0.3 is 0 Å². The van der Waals surface area contributed by atoms with E-state index in [0.717, 1.165) is 19.4 Å². The highest BCUT2D eigenvalue weighted by atomic mass is 15.1. The predicted molar refractivity (Wildman–Crippen MR) is 56.8 cm³/mol. The Morgan fingerprint density at radius 1 is 1.57 bits per heavy atom. The molecule has 2 unspecified atom stereocenters.